The lowest BCUT2D eigenvalue weighted by atomic mass is 10.1. The first kappa shape index (κ1) is 14.2. The van der Waals surface area contributed by atoms with Crippen LogP contribution in [0.15, 0.2) is 0 Å². The molecule has 0 aliphatic heterocycles. The normalized spacial score (nSPS) is 13.4. The number of hydrogen-bond donors (Lipinski definition) is 1. The van der Waals surface area contributed by atoms with Gasteiger partial charge in [-0.25, -0.2) is 0 Å². The number of nitrogens with zero attached hydrogens (tertiary/aromatic N) is 2. The van der Waals surface area contributed by atoms with Crippen molar-refractivity contribution in [1.82, 2.24) is 9.78 Å². The molecule has 0 amide bonds. The van der Waals surface area contributed by atoms with Gasteiger partial charge in [0.05, 0.1) is 31.1 Å². The number of rotatable bonds is 6. The van der Waals surface area contributed by atoms with Crippen LogP contribution in [0.5, 0.6) is 0 Å². The van der Waals surface area contributed by atoms with E-state index in [1.165, 1.54) is 5.56 Å². The lowest BCUT2D eigenvalue weighted by molar-refractivity contribution is -0.00227. The molecular weight excluding hydrogens is 216 g/mol. The number of aliphatic hydroxyl groups is 1. The maximum Gasteiger partial charge on any atom is 0.0969 e. The van der Waals surface area contributed by atoms with E-state index in [1.54, 1.807) is 0 Å². The maximum atomic E-state index is 9.86. The second kappa shape index (κ2) is 6.17. The molecule has 1 aromatic rings. The van der Waals surface area contributed by atoms with Gasteiger partial charge in [0.15, 0.2) is 0 Å². The summed E-state index contributed by atoms with van der Waals surface area (Å²) in [5, 5.41) is 14.3. The van der Waals surface area contributed by atoms with Crippen LogP contribution in [0.4, 0.5) is 0 Å². The predicted octanol–water partition coefficient (Wildman–Crippen LogP) is 1.85. The van der Waals surface area contributed by atoms with Crippen molar-refractivity contribution in [2.75, 3.05) is 6.61 Å². The van der Waals surface area contributed by atoms with Crippen molar-refractivity contribution in [3.63, 3.8) is 0 Å². The molecule has 0 saturated heterocycles. The van der Waals surface area contributed by atoms with Gasteiger partial charge in [0.2, 0.25) is 0 Å². The van der Waals surface area contributed by atoms with Gasteiger partial charge in [0, 0.05) is 5.69 Å². The Morgan fingerprint density at radius 1 is 1.35 bits per heavy atom. The van der Waals surface area contributed by atoms with Crippen LogP contribution in [-0.4, -0.2) is 33.7 Å². The predicted molar refractivity (Wildman–Crippen MR) is 68.2 cm³/mol. The zero-order valence-electron chi connectivity index (χ0n) is 11.5. The average molecular weight is 240 g/mol. The second-order valence-electron chi connectivity index (χ2n) is 4.72. The van der Waals surface area contributed by atoms with Crippen LogP contribution in [0.1, 0.15) is 37.7 Å². The highest BCUT2D eigenvalue weighted by molar-refractivity contribution is 5.24. The zero-order chi connectivity index (χ0) is 13.0. The Hall–Kier alpha value is -0.870. The van der Waals surface area contributed by atoms with Crippen molar-refractivity contribution in [1.29, 1.82) is 0 Å². The quantitative estimate of drug-likeness (QED) is 0.825. The maximum absolute atomic E-state index is 9.86. The third kappa shape index (κ3) is 3.82. The van der Waals surface area contributed by atoms with Crippen LogP contribution < -0.4 is 0 Å². The summed E-state index contributed by atoms with van der Waals surface area (Å²) >= 11 is 0. The standard InChI is InChI=1S/C13H24N2O2/c1-6-13-10(4)14-15(11(13)5)7-12(16)8-17-9(2)3/h9,12,16H,6-8H2,1-5H3. The fourth-order valence-corrected chi connectivity index (χ4v) is 1.98. The van der Waals surface area contributed by atoms with Gasteiger partial charge in [0.1, 0.15) is 0 Å². The van der Waals surface area contributed by atoms with Crippen LogP contribution in [0.2, 0.25) is 0 Å². The molecule has 1 atom stereocenters. The lowest BCUT2D eigenvalue weighted by Crippen LogP contribution is -2.25. The summed E-state index contributed by atoms with van der Waals surface area (Å²) < 4.78 is 7.27. The molecule has 4 heteroatoms. The number of aryl methyl sites for hydroxylation is 1. The van der Waals surface area contributed by atoms with Crippen LogP contribution in [-0.2, 0) is 17.7 Å². The highest BCUT2D eigenvalue weighted by Gasteiger charge is 2.13. The smallest absolute Gasteiger partial charge is 0.0969 e. The second-order valence-corrected chi connectivity index (χ2v) is 4.72. The van der Waals surface area contributed by atoms with Crippen molar-refractivity contribution in [3.05, 3.63) is 17.0 Å². The Kier molecular flexibility index (Phi) is 5.15. The van der Waals surface area contributed by atoms with Crippen LogP contribution in [0.25, 0.3) is 0 Å². The van der Waals surface area contributed by atoms with Crippen molar-refractivity contribution < 1.29 is 9.84 Å². The summed E-state index contributed by atoms with van der Waals surface area (Å²) in [6, 6.07) is 0. The number of ether oxygens (including phenoxy) is 1. The minimum Gasteiger partial charge on any atom is -0.389 e. The van der Waals surface area contributed by atoms with E-state index in [9.17, 15) is 5.11 Å². The van der Waals surface area contributed by atoms with Crippen molar-refractivity contribution >= 4 is 0 Å². The average Bonchev–Trinajstić information content (AvgIpc) is 2.51. The minimum atomic E-state index is -0.500. The zero-order valence-corrected chi connectivity index (χ0v) is 11.5. The molecule has 0 saturated carbocycles. The van der Waals surface area contributed by atoms with Gasteiger partial charge in [0.25, 0.3) is 0 Å². The van der Waals surface area contributed by atoms with E-state index < -0.39 is 6.10 Å². The van der Waals surface area contributed by atoms with E-state index in [2.05, 4.69) is 18.9 Å². The Balaban J connectivity index is 2.62. The molecular formula is C13H24N2O2. The monoisotopic (exact) mass is 240 g/mol. The fourth-order valence-electron chi connectivity index (χ4n) is 1.98. The third-order valence-electron chi connectivity index (χ3n) is 2.89. The first-order valence-corrected chi connectivity index (χ1v) is 6.28. The van der Waals surface area contributed by atoms with E-state index in [0.29, 0.717) is 13.2 Å². The Morgan fingerprint density at radius 2 is 2.00 bits per heavy atom. The van der Waals surface area contributed by atoms with E-state index >= 15 is 0 Å². The molecule has 0 aliphatic rings. The summed E-state index contributed by atoms with van der Waals surface area (Å²) in [7, 11) is 0. The van der Waals surface area contributed by atoms with Gasteiger partial charge in [-0.1, -0.05) is 6.92 Å². The topological polar surface area (TPSA) is 47.3 Å². The number of aromatic nitrogens is 2. The molecule has 1 unspecified atom stereocenters. The number of hydrogen-bond acceptors (Lipinski definition) is 3. The van der Waals surface area contributed by atoms with Gasteiger partial charge in [-0.15, -0.1) is 0 Å². The molecule has 17 heavy (non-hydrogen) atoms. The molecule has 4 nitrogen and oxygen atoms in total. The van der Waals surface area contributed by atoms with Gasteiger partial charge in [-0.3, -0.25) is 4.68 Å². The van der Waals surface area contributed by atoms with Gasteiger partial charge >= 0.3 is 0 Å². The molecule has 1 heterocycles. The SMILES string of the molecule is CCc1c(C)nn(CC(O)COC(C)C)c1C. The van der Waals surface area contributed by atoms with Crippen LogP contribution in [0.3, 0.4) is 0 Å². The molecule has 1 rings (SSSR count). The third-order valence-corrected chi connectivity index (χ3v) is 2.89. The lowest BCUT2D eigenvalue weighted by Gasteiger charge is -2.14. The van der Waals surface area contributed by atoms with Crippen LogP contribution >= 0.6 is 0 Å². The van der Waals surface area contributed by atoms with E-state index in [0.717, 1.165) is 17.8 Å². The first-order chi connectivity index (χ1) is 7.95. The molecule has 0 radical (unpaired) electrons. The van der Waals surface area contributed by atoms with Crippen molar-refractivity contribution in [2.45, 2.75) is 59.8 Å². The largest absolute Gasteiger partial charge is 0.389 e. The van der Waals surface area contributed by atoms with E-state index in [-0.39, 0.29) is 6.10 Å². The minimum absolute atomic E-state index is 0.149. The van der Waals surface area contributed by atoms with E-state index in [4.69, 9.17) is 4.74 Å². The van der Waals surface area contributed by atoms with Crippen molar-refractivity contribution in [3.8, 4) is 0 Å². The Labute approximate surface area is 104 Å². The Bertz CT molecular complexity index is 359. The summed E-state index contributed by atoms with van der Waals surface area (Å²) in [6.07, 6.45) is 0.632. The molecule has 1 N–H and O–H groups in total. The molecule has 0 spiro atoms. The van der Waals surface area contributed by atoms with Crippen LogP contribution in [0, 0.1) is 13.8 Å². The molecule has 98 valence electrons. The van der Waals surface area contributed by atoms with Gasteiger partial charge in [-0.05, 0) is 39.7 Å². The first-order valence-electron chi connectivity index (χ1n) is 6.28. The summed E-state index contributed by atoms with van der Waals surface area (Å²) in [4.78, 5) is 0. The highest BCUT2D eigenvalue weighted by atomic mass is 16.5. The molecule has 1 aromatic heterocycles. The molecule has 0 aliphatic carbocycles. The molecule has 0 fully saturated rings. The molecule has 0 bridgehead atoms. The summed E-state index contributed by atoms with van der Waals surface area (Å²) in [5.41, 5.74) is 3.48. The van der Waals surface area contributed by atoms with Crippen molar-refractivity contribution in [2.24, 2.45) is 0 Å². The number of aliphatic hydroxyl groups excluding tert-OH is 1. The van der Waals surface area contributed by atoms with E-state index in [1.807, 2.05) is 25.5 Å². The summed E-state index contributed by atoms with van der Waals surface area (Å²) in [5.74, 6) is 0. The summed E-state index contributed by atoms with van der Waals surface area (Å²) in [6.45, 7) is 11.0. The molecule has 0 aromatic carbocycles. The highest BCUT2D eigenvalue weighted by Crippen LogP contribution is 2.13. The fraction of sp³-hybridized carbons (Fsp3) is 0.769. The van der Waals surface area contributed by atoms with Gasteiger partial charge in [-0.2, -0.15) is 5.10 Å². The van der Waals surface area contributed by atoms with Gasteiger partial charge < -0.3 is 9.84 Å². The Morgan fingerprint density at radius 3 is 2.47 bits per heavy atom.